The summed E-state index contributed by atoms with van der Waals surface area (Å²) in [6.45, 7) is 12.7. The van der Waals surface area contributed by atoms with Crippen LogP contribution in [0.4, 0.5) is 4.79 Å². The number of benzene rings is 1. The summed E-state index contributed by atoms with van der Waals surface area (Å²) in [5.41, 5.74) is 2.23. The van der Waals surface area contributed by atoms with Crippen molar-refractivity contribution in [3.05, 3.63) is 52.0 Å². The Kier molecular flexibility index (Phi) is 6.17. The summed E-state index contributed by atoms with van der Waals surface area (Å²) >= 11 is 1.69. The van der Waals surface area contributed by atoms with Crippen LogP contribution in [0, 0.1) is 12.3 Å². The highest BCUT2D eigenvalue weighted by Gasteiger charge is 2.30. The molecular weight excluding hydrogens is 356 g/mol. The Hall–Kier alpha value is -1.92. The largest absolute Gasteiger partial charge is 0.331 e. The minimum atomic E-state index is -0.0543. The minimum Gasteiger partial charge on any atom is -0.331 e. The SMILES string of the molecule is Cc1nc(CN2CCN(C(=O)NC(c3ccccc3)C(C)(C)C)CC2)cs1. The van der Waals surface area contributed by atoms with Gasteiger partial charge in [0.15, 0.2) is 0 Å². The van der Waals surface area contributed by atoms with Gasteiger partial charge in [-0.15, -0.1) is 11.3 Å². The predicted molar refractivity (Wildman–Crippen MR) is 111 cm³/mol. The van der Waals surface area contributed by atoms with Gasteiger partial charge in [0, 0.05) is 38.1 Å². The minimum absolute atomic E-state index is 0.0118. The van der Waals surface area contributed by atoms with E-state index >= 15 is 0 Å². The molecule has 2 heterocycles. The van der Waals surface area contributed by atoms with Crippen molar-refractivity contribution in [3.8, 4) is 0 Å². The van der Waals surface area contributed by atoms with Gasteiger partial charge < -0.3 is 10.2 Å². The third-order valence-electron chi connectivity index (χ3n) is 4.98. The van der Waals surface area contributed by atoms with Crippen LogP contribution in [0.15, 0.2) is 35.7 Å². The van der Waals surface area contributed by atoms with Crippen molar-refractivity contribution in [2.75, 3.05) is 26.2 Å². The van der Waals surface area contributed by atoms with E-state index < -0.39 is 0 Å². The molecule has 1 fully saturated rings. The Labute approximate surface area is 166 Å². The van der Waals surface area contributed by atoms with Gasteiger partial charge in [0.05, 0.1) is 16.7 Å². The number of carbonyl (C=O) groups excluding carboxylic acids is 1. The van der Waals surface area contributed by atoms with Crippen LogP contribution in [0.2, 0.25) is 0 Å². The van der Waals surface area contributed by atoms with E-state index in [0.29, 0.717) is 0 Å². The highest BCUT2D eigenvalue weighted by atomic mass is 32.1. The van der Waals surface area contributed by atoms with Crippen LogP contribution < -0.4 is 5.32 Å². The van der Waals surface area contributed by atoms with Gasteiger partial charge in [0.2, 0.25) is 0 Å². The van der Waals surface area contributed by atoms with Crippen molar-refractivity contribution >= 4 is 17.4 Å². The molecule has 5 nitrogen and oxygen atoms in total. The molecule has 1 saturated heterocycles. The molecular formula is C21H30N4OS. The topological polar surface area (TPSA) is 48.5 Å². The molecule has 2 aromatic rings. The van der Waals surface area contributed by atoms with Gasteiger partial charge in [-0.05, 0) is 17.9 Å². The van der Waals surface area contributed by atoms with Crippen LogP contribution in [0.3, 0.4) is 0 Å². The van der Waals surface area contributed by atoms with Crippen LogP contribution in [-0.2, 0) is 6.54 Å². The number of carbonyl (C=O) groups is 1. The quantitative estimate of drug-likeness (QED) is 0.862. The Morgan fingerprint density at radius 1 is 1.19 bits per heavy atom. The zero-order valence-electron chi connectivity index (χ0n) is 16.7. The maximum absolute atomic E-state index is 12.9. The van der Waals surface area contributed by atoms with Crippen LogP contribution in [0.1, 0.15) is 43.1 Å². The molecule has 27 heavy (non-hydrogen) atoms. The second-order valence-corrected chi connectivity index (χ2v) is 9.34. The molecule has 0 saturated carbocycles. The molecule has 1 aromatic carbocycles. The Morgan fingerprint density at radius 3 is 2.41 bits per heavy atom. The zero-order valence-corrected chi connectivity index (χ0v) is 17.6. The van der Waals surface area contributed by atoms with Crippen molar-refractivity contribution in [3.63, 3.8) is 0 Å². The molecule has 0 bridgehead atoms. The lowest BCUT2D eigenvalue weighted by Gasteiger charge is -2.37. The van der Waals surface area contributed by atoms with Crippen LogP contribution >= 0.6 is 11.3 Å². The van der Waals surface area contributed by atoms with Gasteiger partial charge in [0.25, 0.3) is 0 Å². The fraction of sp³-hybridized carbons (Fsp3) is 0.524. The first-order valence-electron chi connectivity index (χ1n) is 9.56. The van der Waals surface area contributed by atoms with Crippen molar-refractivity contribution in [1.82, 2.24) is 20.1 Å². The number of hydrogen-bond acceptors (Lipinski definition) is 4. The summed E-state index contributed by atoms with van der Waals surface area (Å²) in [6.07, 6.45) is 0. The molecule has 1 aromatic heterocycles. The number of aromatic nitrogens is 1. The van der Waals surface area contributed by atoms with Crippen LogP contribution in [0.25, 0.3) is 0 Å². The maximum Gasteiger partial charge on any atom is 0.317 e. The van der Waals surface area contributed by atoms with Gasteiger partial charge in [0.1, 0.15) is 0 Å². The second-order valence-electron chi connectivity index (χ2n) is 8.28. The maximum atomic E-state index is 12.9. The van der Waals surface area contributed by atoms with Gasteiger partial charge >= 0.3 is 6.03 Å². The monoisotopic (exact) mass is 386 g/mol. The highest BCUT2D eigenvalue weighted by molar-refractivity contribution is 7.09. The van der Waals surface area contributed by atoms with Gasteiger partial charge in [-0.25, -0.2) is 9.78 Å². The number of hydrogen-bond donors (Lipinski definition) is 1. The van der Waals surface area contributed by atoms with E-state index in [0.717, 1.165) is 49.0 Å². The predicted octanol–water partition coefficient (Wildman–Crippen LogP) is 4.07. The van der Waals surface area contributed by atoms with Crippen LogP contribution in [-0.4, -0.2) is 47.0 Å². The Balaban J connectivity index is 1.56. The standard InChI is InChI=1S/C21H30N4OS/c1-16-22-18(15-27-16)14-24-10-12-25(13-11-24)20(26)23-19(21(2,3)4)17-8-6-5-7-9-17/h5-9,15,19H,10-14H2,1-4H3,(H,23,26). The molecule has 1 N–H and O–H groups in total. The summed E-state index contributed by atoms with van der Waals surface area (Å²) in [5.74, 6) is 0. The average Bonchev–Trinajstić information content (AvgIpc) is 3.04. The fourth-order valence-electron chi connectivity index (χ4n) is 3.48. The third kappa shape index (κ3) is 5.30. The molecule has 1 unspecified atom stereocenters. The molecule has 3 rings (SSSR count). The molecule has 0 aliphatic carbocycles. The smallest absolute Gasteiger partial charge is 0.317 e. The van der Waals surface area contributed by atoms with E-state index in [2.05, 4.69) is 53.5 Å². The van der Waals surface area contributed by atoms with Crippen molar-refractivity contribution < 1.29 is 4.79 Å². The lowest BCUT2D eigenvalue weighted by molar-refractivity contribution is 0.127. The lowest BCUT2D eigenvalue weighted by atomic mass is 9.82. The van der Waals surface area contributed by atoms with Gasteiger partial charge in [-0.3, -0.25) is 4.90 Å². The molecule has 1 aliphatic heterocycles. The summed E-state index contributed by atoms with van der Waals surface area (Å²) in [7, 11) is 0. The average molecular weight is 387 g/mol. The van der Waals surface area contributed by atoms with Gasteiger partial charge in [-0.2, -0.15) is 0 Å². The normalized spacial score (nSPS) is 17.0. The third-order valence-corrected chi connectivity index (χ3v) is 5.80. The van der Waals surface area contributed by atoms with E-state index in [1.807, 2.05) is 30.0 Å². The molecule has 1 aliphatic rings. The van der Waals surface area contributed by atoms with Crippen LogP contribution in [0.5, 0.6) is 0 Å². The second kappa shape index (κ2) is 8.40. The van der Waals surface area contributed by atoms with E-state index in [1.165, 1.54) is 0 Å². The first kappa shape index (κ1) is 19.8. The number of thiazole rings is 1. The van der Waals surface area contributed by atoms with Crippen molar-refractivity contribution in [1.29, 1.82) is 0 Å². The van der Waals surface area contributed by atoms with Crippen molar-refractivity contribution in [2.24, 2.45) is 5.41 Å². The zero-order chi connectivity index (χ0) is 19.4. The van der Waals surface area contributed by atoms with E-state index in [9.17, 15) is 4.79 Å². The number of nitrogens with one attached hydrogen (secondary N) is 1. The highest BCUT2D eigenvalue weighted by Crippen LogP contribution is 2.32. The fourth-order valence-corrected chi connectivity index (χ4v) is 4.08. The molecule has 0 radical (unpaired) electrons. The van der Waals surface area contributed by atoms with Crippen molar-refractivity contribution in [2.45, 2.75) is 40.3 Å². The molecule has 1 atom stereocenters. The molecule has 0 spiro atoms. The lowest BCUT2D eigenvalue weighted by Crippen LogP contribution is -2.53. The first-order valence-corrected chi connectivity index (χ1v) is 10.4. The Morgan fingerprint density at radius 2 is 1.85 bits per heavy atom. The first-order chi connectivity index (χ1) is 12.8. The summed E-state index contributed by atoms with van der Waals surface area (Å²) < 4.78 is 0. The van der Waals surface area contributed by atoms with E-state index in [1.54, 1.807) is 11.3 Å². The summed E-state index contributed by atoms with van der Waals surface area (Å²) in [6, 6.07) is 10.3. The summed E-state index contributed by atoms with van der Waals surface area (Å²) in [4.78, 5) is 21.7. The van der Waals surface area contributed by atoms with E-state index in [4.69, 9.17) is 0 Å². The number of urea groups is 1. The number of rotatable bonds is 4. The molecule has 6 heteroatoms. The van der Waals surface area contributed by atoms with Gasteiger partial charge in [-0.1, -0.05) is 51.1 Å². The molecule has 146 valence electrons. The Bertz CT molecular complexity index is 745. The number of aryl methyl sites for hydroxylation is 1. The number of nitrogens with zero attached hydrogens (tertiary/aromatic N) is 3. The number of piperazine rings is 1. The number of amides is 2. The van der Waals surface area contributed by atoms with E-state index in [-0.39, 0.29) is 17.5 Å². The summed E-state index contributed by atoms with van der Waals surface area (Å²) in [5, 5.41) is 6.50. The molecule has 2 amide bonds.